The van der Waals surface area contributed by atoms with Gasteiger partial charge >= 0.3 is 0 Å². The average Bonchev–Trinajstić information content (AvgIpc) is 2.47. The summed E-state index contributed by atoms with van der Waals surface area (Å²) in [6, 6.07) is 0. The van der Waals surface area contributed by atoms with E-state index in [1.165, 1.54) is 11.0 Å². The van der Waals surface area contributed by atoms with Crippen LogP contribution in [0.5, 0.6) is 0 Å². The quantitative estimate of drug-likeness (QED) is 0.631. The fourth-order valence-corrected chi connectivity index (χ4v) is 1.13. The molecule has 0 atom stereocenters. The second-order valence-corrected chi connectivity index (χ2v) is 2.85. The second kappa shape index (κ2) is 4.04. The molecular formula is C9H13NO2. The van der Waals surface area contributed by atoms with Gasteiger partial charge in [-0.25, -0.2) is 0 Å². The van der Waals surface area contributed by atoms with E-state index >= 15 is 0 Å². The fraction of sp³-hybridized carbons (Fsp3) is 0.556. The van der Waals surface area contributed by atoms with Crippen LogP contribution in [0, 0.1) is 0 Å². The van der Waals surface area contributed by atoms with Crippen molar-refractivity contribution in [2.24, 2.45) is 0 Å². The number of nitrogens with zero attached hydrogens (tertiary/aromatic N) is 1. The van der Waals surface area contributed by atoms with Crippen molar-refractivity contribution in [1.29, 1.82) is 0 Å². The summed E-state index contributed by atoms with van der Waals surface area (Å²) in [5, 5.41) is 0. The van der Waals surface area contributed by atoms with Gasteiger partial charge in [0, 0.05) is 19.0 Å². The summed E-state index contributed by atoms with van der Waals surface area (Å²) in [5.41, 5.74) is 0. The lowest BCUT2D eigenvalue weighted by Crippen LogP contribution is -2.32. The Labute approximate surface area is 72.0 Å². The molecule has 0 aliphatic carbocycles. The molecule has 1 rings (SSSR count). The SMILES string of the molecule is CCCCC(=O)N1CC=CC1=O. The zero-order valence-electron chi connectivity index (χ0n) is 7.25. The summed E-state index contributed by atoms with van der Waals surface area (Å²) in [5.74, 6) is -0.219. The molecule has 66 valence electrons. The minimum Gasteiger partial charge on any atom is -0.275 e. The molecule has 1 heterocycles. The Balaban J connectivity index is 2.38. The summed E-state index contributed by atoms with van der Waals surface area (Å²) in [6.45, 7) is 2.48. The third-order valence-corrected chi connectivity index (χ3v) is 1.86. The van der Waals surface area contributed by atoms with Crippen molar-refractivity contribution < 1.29 is 9.59 Å². The fourth-order valence-electron chi connectivity index (χ4n) is 1.13. The number of amides is 2. The number of hydrogen-bond acceptors (Lipinski definition) is 2. The van der Waals surface area contributed by atoms with Gasteiger partial charge in [-0.15, -0.1) is 0 Å². The molecule has 0 aromatic heterocycles. The predicted molar refractivity (Wildman–Crippen MR) is 45.4 cm³/mol. The van der Waals surface area contributed by atoms with Crippen molar-refractivity contribution >= 4 is 11.8 Å². The Morgan fingerprint density at radius 3 is 2.92 bits per heavy atom. The van der Waals surface area contributed by atoms with Crippen LogP contribution in [0.3, 0.4) is 0 Å². The molecule has 0 N–H and O–H groups in total. The maximum Gasteiger partial charge on any atom is 0.253 e. The molecule has 0 spiro atoms. The van der Waals surface area contributed by atoms with Crippen molar-refractivity contribution in [2.45, 2.75) is 26.2 Å². The number of rotatable bonds is 3. The number of carbonyl (C=O) groups is 2. The van der Waals surface area contributed by atoms with E-state index in [2.05, 4.69) is 0 Å². The molecule has 3 nitrogen and oxygen atoms in total. The minimum absolute atomic E-state index is 0.0492. The van der Waals surface area contributed by atoms with Crippen LogP contribution in [0.1, 0.15) is 26.2 Å². The van der Waals surface area contributed by atoms with Crippen molar-refractivity contribution in [3.63, 3.8) is 0 Å². The van der Waals surface area contributed by atoms with E-state index in [1.54, 1.807) is 6.08 Å². The van der Waals surface area contributed by atoms with E-state index in [9.17, 15) is 9.59 Å². The maximum atomic E-state index is 11.3. The molecule has 1 aliphatic rings. The average molecular weight is 167 g/mol. The van der Waals surface area contributed by atoms with Gasteiger partial charge in [0.2, 0.25) is 5.91 Å². The largest absolute Gasteiger partial charge is 0.275 e. The third-order valence-electron chi connectivity index (χ3n) is 1.86. The predicted octanol–water partition coefficient (Wildman–Crippen LogP) is 1.10. The molecule has 0 aromatic carbocycles. The van der Waals surface area contributed by atoms with Gasteiger partial charge in [0.25, 0.3) is 5.91 Å². The monoisotopic (exact) mass is 167 g/mol. The molecule has 0 fully saturated rings. The first-order valence-corrected chi connectivity index (χ1v) is 4.26. The van der Waals surface area contributed by atoms with Crippen LogP contribution in [0.15, 0.2) is 12.2 Å². The van der Waals surface area contributed by atoms with Gasteiger partial charge in [-0.05, 0) is 6.42 Å². The maximum absolute atomic E-state index is 11.3. The summed E-state index contributed by atoms with van der Waals surface area (Å²) in [4.78, 5) is 23.6. The summed E-state index contributed by atoms with van der Waals surface area (Å²) in [7, 11) is 0. The number of imide groups is 1. The first-order valence-electron chi connectivity index (χ1n) is 4.26. The van der Waals surface area contributed by atoms with Crippen molar-refractivity contribution in [3.8, 4) is 0 Å². The van der Waals surface area contributed by atoms with Crippen LogP contribution >= 0.6 is 0 Å². The molecule has 0 radical (unpaired) electrons. The highest BCUT2D eigenvalue weighted by Crippen LogP contribution is 2.06. The molecule has 0 unspecified atom stereocenters. The minimum atomic E-state index is -0.170. The third kappa shape index (κ3) is 1.94. The molecule has 0 bridgehead atoms. The molecular weight excluding hydrogens is 154 g/mol. The summed E-state index contributed by atoms with van der Waals surface area (Å²) >= 11 is 0. The Hall–Kier alpha value is -1.12. The van der Waals surface area contributed by atoms with Crippen molar-refractivity contribution in [2.75, 3.05) is 6.54 Å². The van der Waals surface area contributed by atoms with Gasteiger partial charge in [0.15, 0.2) is 0 Å². The van der Waals surface area contributed by atoms with Crippen LogP contribution in [0.4, 0.5) is 0 Å². The Kier molecular flexibility index (Phi) is 3.02. The van der Waals surface area contributed by atoms with Crippen LogP contribution in [0.25, 0.3) is 0 Å². The van der Waals surface area contributed by atoms with E-state index in [0.717, 1.165) is 12.8 Å². The lowest BCUT2D eigenvalue weighted by Gasteiger charge is -2.12. The Morgan fingerprint density at radius 2 is 2.42 bits per heavy atom. The van der Waals surface area contributed by atoms with E-state index in [1.807, 2.05) is 6.92 Å². The van der Waals surface area contributed by atoms with Crippen LogP contribution in [0.2, 0.25) is 0 Å². The number of hydrogen-bond donors (Lipinski definition) is 0. The Bertz CT molecular complexity index is 221. The molecule has 12 heavy (non-hydrogen) atoms. The lowest BCUT2D eigenvalue weighted by molar-refractivity contribution is -0.140. The second-order valence-electron chi connectivity index (χ2n) is 2.85. The number of carbonyl (C=O) groups excluding carboxylic acids is 2. The molecule has 3 heteroatoms. The van der Waals surface area contributed by atoms with Crippen LogP contribution < -0.4 is 0 Å². The van der Waals surface area contributed by atoms with Gasteiger partial charge in [-0.1, -0.05) is 19.4 Å². The summed E-state index contributed by atoms with van der Waals surface area (Å²) < 4.78 is 0. The van der Waals surface area contributed by atoms with Gasteiger partial charge < -0.3 is 0 Å². The van der Waals surface area contributed by atoms with E-state index < -0.39 is 0 Å². The highest BCUT2D eigenvalue weighted by Gasteiger charge is 2.20. The van der Waals surface area contributed by atoms with E-state index in [0.29, 0.717) is 13.0 Å². The van der Waals surface area contributed by atoms with Gasteiger partial charge in [0.05, 0.1) is 0 Å². The van der Waals surface area contributed by atoms with Crippen LogP contribution in [-0.4, -0.2) is 23.3 Å². The molecule has 0 saturated heterocycles. The molecule has 2 amide bonds. The number of unbranched alkanes of at least 4 members (excludes halogenated alkanes) is 1. The van der Waals surface area contributed by atoms with Gasteiger partial charge in [0.1, 0.15) is 0 Å². The lowest BCUT2D eigenvalue weighted by atomic mass is 10.2. The van der Waals surface area contributed by atoms with Gasteiger partial charge in [-0.3, -0.25) is 14.5 Å². The first-order chi connectivity index (χ1) is 5.75. The van der Waals surface area contributed by atoms with E-state index in [4.69, 9.17) is 0 Å². The zero-order chi connectivity index (χ0) is 8.97. The molecule has 0 saturated carbocycles. The zero-order valence-corrected chi connectivity index (χ0v) is 7.25. The van der Waals surface area contributed by atoms with E-state index in [-0.39, 0.29) is 11.8 Å². The highest BCUT2D eigenvalue weighted by molar-refractivity contribution is 6.02. The molecule has 1 aliphatic heterocycles. The Morgan fingerprint density at radius 1 is 1.67 bits per heavy atom. The normalized spacial score (nSPS) is 15.8. The van der Waals surface area contributed by atoms with Crippen molar-refractivity contribution in [1.82, 2.24) is 4.90 Å². The van der Waals surface area contributed by atoms with Crippen LogP contribution in [-0.2, 0) is 9.59 Å². The smallest absolute Gasteiger partial charge is 0.253 e. The van der Waals surface area contributed by atoms with Gasteiger partial charge in [-0.2, -0.15) is 0 Å². The van der Waals surface area contributed by atoms with Crippen molar-refractivity contribution in [3.05, 3.63) is 12.2 Å². The topological polar surface area (TPSA) is 37.4 Å². The highest BCUT2D eigenvalue weighted by atomic mass is 16.2. The standard InChI is InChI=1S/C9H13NO2/c1-2-3-5-8(11)10-7-4-6-9(10)12/h4,6H,2-3,5,7H2,1H3. The summed E-state index contributed by atoms with van der Waals surface area (Å²) in [6.07, 6.45) is 5.50. The molecule has 0 aromatic rings. The first kappa shape index (κ1) is 8.97.